The lowest BCUT2D eigenvalue weighted by Gasteiger charge is -2.37. The van der Waals surface area contributed by atoms with E-state index in [0.717, 1.165) is 5.69 Å². The van der Waals surface area contributed by atoms with Crippen LogP contribution in [0.2, 0.25) is 5.02 Å². The van der Waals surface area contributed by atoms with E-state index in [1.165, 1.54) is 11.8 Å². The first kappa shape index (κ1) is 19.7. The number of anilines is 2. The van der Waals surface area contributed by atoms with Gasteiger partial charge in [0.15, 0.2) is 0 Å². The lowest BCUT2D eigenvalue weighted by Crippen LogP contribution is -2.51. The molecule has 6 nitrogen and oxygen atoms in total. The van der Waals surface area contributed by atoms with Gasteiger partial charge in [-0.15, -0.1) is 0 Å². The Bertz CT molecular complexity index is 917. The first-order valence-corrected chi connectivity index (χ1v) is 9.42. The minimum Gasteiger partial charge on any atom is -0.368 e. The topological polar surface area (TPSA) is 67.7 Å². The predicted octanol–water partition coefficient (Wildman–Crippen LogP) is 2.91. The second kappa shape index (κ2) is 8.77. The van der Waals surface area contributed by atoms with Crippen LogP contribution in [-0.4, -0.2) is 49.4 Å². The van der Waals surface area contributed by atoms with Crippen LogP contribution in [0.25, 0.3) is 0 Å². The van der Waals surface area contributed by atoms with Crippen LogP contribution in [0.15, 0.2) is 48.5 Å². The number of hydrogen-bond donors (Lipinski definition) is 0. The van der Waals surface area contributed by atoms with Crippen LogP contribution in [0.4, 0.5) is 11.4 Å². The molecule has 28 heavy (non-hydrogen) atoms. The van der Waals surface area contributed by atoms with Crippen LogP contribution >= 0.6 is 11.6 Å². The number of amides is 2. The van der Waals surface area contributed by atoms with Crippen LogP contribution in [0.3, 0.4) is 0 Å². The van der Waals surface area contributed by atoms with Crippen molar-refractivity contribution < 1.29 is 9.59 Å². The van der Waals surface area contributed by atoms with Crippen molar-refractivity contribution in [2.75, 3.05) is 42.5 Å². The van der Waals surface area contributed by atoms with Gasteiger partial charge in [0.2, 0.25) is 11.8 Å². The van der Waals surface area contributed by atoms with Crippen molar-refractivity contribution in [2.24, 2.45) is 0 Å². The Labute approximate surface area is 169 Å². The number of carbonyl (C=O) groups excluding carboxylic acids is 2. The number of nitriles is 1. The van der Waals surface area contributed by atoms with Gasteiger partial charge in [0.05, 0.1) is 11.6 Å². The maximum Gasteiger partial charge on any atom is 0.242 e. The number of hydrogen-bond acceptors (Lipinski definition) is 4. The molecule has 1 saturated heterocycles. The molecule has 0 spiro atoms. The maximum atomic E-state index is 12.8. The van der Waals surface area contributed by atoms with Gasteiger partial charge in [0.1, 0.15) is 6.54 Å². The number of benzene rings is 2. The molecule has 2 aromatic carbocycles. The summed E-state index contributed by atoms with van der Waals surface area (Å²) in [5.41, 5.74) is 2.04. The van der Waals surface area contributed by atoms with Gasteiger partial charge in [-0.1, -0.05) is 23.7 Å². The first-order valence-electron chi connectivity index (χ1n) is 9.04. The van der Waals surface area contributed by atoms with Crippen LogP contribution in [0.5, 0.6) is 0 Å². The lowest BCUT2D eigenvalue weighted by molar-refractivity contribution is -0.131. The largest absolute Gasteiger partial charge is 0.368 e. The first-order chi connectivity index (χ1) is 13.5. The van der Waals surface area contributed by atoms with E-state index >= 15 is 0 Å². The van der Waals surface area contributed by atoms with E-state index < -0.39 is 0 Å². The van der Waals surface area contributed by atoms with Gasteiger partial charge in [-0.05, 0) is 36.4 Å². The molecule has 0 atom stereocenters. The Morgan fingerprint density at radius 1 is 1.11 bits per heavy atom. The van der Waals surface area contributed by atoms with E-state index in [1.807, 2.05) is 24.3 Å². The molecule has 0 N–H and O–H groups in total. The quantitative estimate of drug-likeness (QED) is 0.796. The fourth-order valence-corrected chi connectivity index (χ4v) is 3.43. The average Bonchev–Trinajstić information content (AvgIpc) is 2.71. The zero-order chi connectivity index (χ0) is 20.1. The van der Waals surface area contributed by atoms with Gasteiger partial charge < -0.3 is 14.7 Å². The fraction of sp³-hybridized carbons (Fsp3) is 0.286. The van der Waals surface area contributed by atoms with Gasteiger partial charge in [0, 0.05) is 49.5 Å². The minimum atomic E-state index is -0.235. The van der Waals surface area contributed by atoms with Crippen molar-refractivity contribution >= 4 is 34.8 Å². The number of carbonyl (C=O) groups is 2. The summed E-state index contributed by atoms with van der Waals surface area (Å²) in [6.45, 7) is 3.95. The second-order valence-corrected chi connectivity index (χ2v) is 7.05. The van der Waals surface area contributed by atoms with Crippen molar-refractivity contribution in [3.8, 4) is 6.07 Å². The zero-order valence-electron chi connectivity index (χ0n) is 15.6. The normalized spacial score (nSPS) is 13.8. The highest BCUT2D eigenvalue weighted by Crippen LogP contribution is 2.21. The Kier molecular flexibility index (Phi) is 6.17. The van der Waals surface area contributed by atoms with Crippen LogP contribution < -0.4 is 9.80 Å². The second-order valence-electron chi connectivity index (χ2n) is 6.62. The molecule has 0 saturated carbocycles. The molecule has 0 radical (unpaired) electrons. The van der Waals surface area contributed by atoms with Crippen molar-refractivity contribution in [1.29, 1.82) is 5.26 Å². The van der Waals surface area contributed by atoms with E-state index in [9.17, 15) is 9.59 Å². The average molecular weight is 397 g/mol. The van der Waals surface area contributed by atoms with Gasteiger partial charge in [-0.25, -0.2) is 0 Å². The van der Waals surface area contributed by atoms with E-state index in [-0.39, 0.29) is 18.4 Å². The number of halogens is 1. The van der Waals surface area contributed by atoms with Crippen LogP contribution in [0.1, 0.15) is 12.5 Å². The summed E-state index contributed by atoms with van der Waals surface area (Å²) in [6, 6.07) is 16.4. The third kappa shape index (κ3) is 4.62. The molecule has 1 aliphatic rings. The van der Waals surface area contributed by atoms with Crippen LogP contribution in [-0.2, 0) is 9.59 Å². The summed E-state index contributed by atoms with van der Waals surface area (Å²) in [4.78, 5) is 30.2. The minimum absolute atomic E-state index is 0.0403. The van der Waals surface area contributed by atoms with Crippen LogP contribution in [0, 0.1) is 11.3 Å². The van der Waals surface area contributed by atoms with Crippen molar-refractivity contribution in [3.05, 3.63) is 59.1 Å². The molecule has 0 aliphatic carbocycles. The molecule has 144 valence electrons. The molecular weight excluding hydrogens is 376 g/mol. The predicted molar refractivity (Wildman–Crippen MR) is 109 cm³/mol. The number of piperazine rings is 1. The van der Waals surface area contributed by atoms with Gasteiger partial charge >= 0.3 is 0 Å². The Morgan fingerprint density at radius 3 is 2.46 bits per heavy atom. The molecule has 7 heteroatoms. The van der Waals surface area contributed by atoms with Gasteiger partial charge in [-0.2, -0.15) is 5.26 Å². The molecule has 1 aliphatic heterocycles. The number of nitrogens with zero attached hydrogens (tertiary/aromatic N) is 4. The van der Waals surface area contributed by atoms with Gasteiger partial charge in [0.25, 0.3) is 0 Å². The lowest BCUT2D eigenvalue weighted by atomic mass is 10.2. The van der Waals surface area contributed by atoms with Crippen molar-refractivity contribution in [1.82, 2.24) is 4.90 Å². The summed E-state index contributed by atoms with van der Waals surface area (Å²) < 4.78 is 0. The van der Waals surface area contributed by atoms with E-state index in [1.54, 1.807) is 29.2 Å². The molecule has 2 amide bonds. The van der Waals surface area contributed by atoms with E-state index in [2.05, 4.69) is 11.0 Å². The zero-order valence-corrected chi connectivity index (χ0v) is 16.4. The molecular formula is C21H21ClN4O2. The summed E-state index contributed by atoms with van der Waals surface area (Å²) >= 11 is 6.06. The summed E-state index contributed by atoms with van der Waals surface area (Å²) in [7, 11) is 0. The molecule has 1 heterocycles. The Morgan fingerprint density at radius 2 is 1.82 bits per heavy atom. The van der Waals surface area contributed by atoms with Crippen molar-refractivity contribution in [2.45, 2.75) is 6.92 Å². The SMILES string of the molecule is CC(=O)N(CC(=O)N1CCN(c2cccc(Cl)c2)CC1)c1cccc(C#N)c1. The highest BCUT2D eigenvalue weighted by atomic mass is 35.5. The highest BCUT2D eigenvalue weighted by molar-refractivity contribution is 6.30. The molecule has 0 bridgehead atoms. The smallest absolute Gasteiger partial charge is 0.242 e. The maximum absolute atomic E-state index is 12.8. The molecule has 3 rings (SSSR count). The van der Waals surface area contributed by atoms with Crippen molar-refractivity contribution in [3.63, 3.8) is 0 Å². The molecule has 0 unspecified atom stereocenters. The van der Waals surface area contributed by atoms with E-state index in [0.29, 0.717) is 42.5 Å². The third-order valence-electron chi connectivity index (χ3n) is 4.77. The van der Waals surface area contributed by atoms with E-state index in [4.69, 9.17) is 16.9 Å². The summed E-state index contributed by atoms with van der Waals surface area (Å²) in [5, 5.41) is 9.75. The standard InChI is InChI=1S/C21H21ClN4O2/c1-16(27)26(20-7-2-4-17(12-20)14-23)15-21(28)25-10-8-24(9-11-25)19-6-3-5-18(22)13-19/h2-7,12-13H,8-11,15H2,1H3. The third-order valence-corrected chi connectivity index (χ3v) is 5.00. The summed E-state index contributed by atoms with van der Waals surface area (Å²) in [6.07, 6.45) is 0. The molecule has 0 aromatic heterocycles. The molecule has 1 fully saturated rings. The monoisotopic (exact) mass is 396 g/mol. The summed E-state index contributed by atoms with van der Waals surface area (Å²) in [5.74, 6) is -0.343. The highest BCUT2D eigenvalue weighted by Gasteiger charge is 2.24. The fourth-order valence-electron chi connectivity index (χ4n) is 3.25. The Hall–Kier alpha value is -3.04. The number of rotatable bonds is 4. The Balaban J connectivity index is 1.64. The van der Waals surface area contributed by atoms with Gasteiger partial charge in [-0.3, -0.25) is 9.59 Å². The molecule has 2 aromatic rings.